The Morgan fingerprint density at radius 3 is 2.39 bits per heavy atom. The van der Waals surface area contributed by atoms with Crippen molar-refractivity contribution in [2.24, 2.45) is 29.1 Å². The Hall–Kier alpha value is -5.83. The first-order valence-electron chi connectivity index (χ1n) is 27.5. The molecule has 4 atom stereocenters. The van der Waals surface area contributed by atoms with Crippen molar-refractivity contribution in [3.63, 3.8) is 0 Å². The zero-order chi connectivity index (χ0) is 49.2. The quantitative estimate of drug-likeness (QED) is 0.206. The Morgan fingerprint density at radius 1 is 0.889 bits per heavy atom. The number of hydrogen-bond acceptors (Lipinski definition) is 10. The number of carbonyl (C=O) groups is 5. The standard InChI is InChI=1S/C57H70N10O5/c1-34(2)66-33-58-46-29-45(60-51(50(46)66)59-40-9-10-40)38-7-12-44-48(26-38)67(42-27-41(28-42)62-19-5-4-6-20-62)55(72)56(44)17-23-64(24-18-56)54(71)57-30-39(57)31-65(32-57)53(70)36-15-21-63(22-16-36)47-13-8-37(25-35(47)3)43-11-14-49(68)61-52(43)69/h7-8,12-13,26,29,33,35-36,39-43H,1,4-6,9-11,14-25,27-28,30-32H2,2-3H3,(H,59,60)(H,61,68,69)/t35?,39-,41?,42?,43?,57-/m0/s1. The number of fused-ring (bicyclic) bond motifs is 4. The maximum Gasteiger partial charge on any atom is 0.238 e. The van der Waals surface area contributed by atoms with Gasteiger partial charge in [0.15, 0.2) is 5.82 Å². The van der Waals surface area contributed by atoms with Crippen molar-refractivity contribution in [2.75, 3.05) is 62.6 Å². The van der Waals surface area contributed by atoms with E-state index in [0.29, 0.717) is 63.9 Å². The minimum Gasteiger partial charge on any atom is -0.375 e. The van der Waals surface area contributed by atoms with Crippen LogP contribution in [-0.2, 0) is 29.4 Å². The predicted octanol–water partition coefficient (Wildman–Crippen LogP) is 6.85. The summed E-state index contributed by atoms with van der Waals surface area (Å²) in [6, 6.07) is 9.66. The number of rotatable bonds is 10. The second kappa shape index (κ2) is 17.4. The number of carbonyl (C=O) groups excluding carboxylic acids is 5. The maximum absolute atomic E-state index is 15.3. The lowest BCUT2D eigenvalue weighted by molar-refractivity contribution is -0.142. The van der Waals surface area contributed by atoms with E-state index in [-0.39, 0.29) is 59.2 Å². The summed E-state index contributed by atoms with van der Waals surface area (Å²) in [6.45, 7) is 14.5. The van der Waals surface area contributed by atoms with Crippen molar-refractivity contribution < 1.29 is 24.0 Å². The van der Waals surface area contributed by atoms with Gasteiger partial charge in [0.2, 0.25) is 29.5 Å². The van der Waals surface area contributed by atoms with Crippen molar-refractivity contribution in [3.05, 3.63) is 66.2 Å². The van der Waals surface area contributed by atoms with Gasteiger partial charge in [-0.3, -0.25) is 29.3 Å². The van der Waals surface area contributed by atoms with Gasteiger partial charge in [-0.05, 0) is 139 Å². The van der Waals surface area contributed by atoms with E-state index in [2.05, 4.69) is 75.3 Å². The van der Waals surface area contributed by atoms with E-state index < -0.39 is 10.8 Å². The summed E-state index contributed by atoms with van der Waals surface area (Å²) >= 11 is 0. The molecule has 72 heavy (non-hydrogen) atoms. The van der Waals surface area contributed by atoms with Crippen molar-refractivity contribution >= 4 is 57.8 Å². The highest BCUT2D eigenvalue weighted by Crippen LogP contribution is 2.60. The first kappa shape index (κ1) is 46.0. The van der Waals surface area contributed by atoms with E-state index in [9.17, 15) is 19.2 Å². The van der Waals surface area contributed by atoms with E-state index in [4.69, 9.17) is 9.97 Å². The Bertz CT molecular complexity index is 2850. The number of aromatic nitrogens is 3. The van der Waals surface area contributed by atoms with Crippen LogP contribution in [0.5, 0.6) is 0 Å². The average Bonchev–Trinajstić information content (AvgIpc) is 4.22. The minimum absolute atomic E-state index is 0.0575. The molecule has 15 nitrogen and oxygen atoms in total. The number of pyridine rings is 1. The van der Waals surface area contributed by atoms with E-state index in [1.165, 1.54) is 25.0 Å². The average molecular weight is 975 g/mol. The molecule has 3 saturated carbocycles. The molecule has 13 rings (SSSR count). The van der Waals surface area contributed by atoms with Crippen LogP contribution in [0.1, 0.15) is 116 Å². The number of amides is 5. The number of piperidine rings is 5. The molecule has 1 spiro atoms. The Labute approximate surface area is 422 Å². The van der Waals surface area contributed by atoms with Crippen LogP contribution in [-0.4, -0.2) is 134 Å². The molecule has 6 aliphatic heterocycles. The summed E-state index contributed by atoms with van der Waals surface area (Å²) in [4.78, 5) is 89.8. The number of imidazole rings is 1. The maximum atomic E-state index is 15.3. The van der Waals surface area contributed by atoms with E-state index >= 15 is 4.79 Å². The SMILES string of the molecule is C=C(C)n1cnc2cc(-c3ccc4c(c3)N(C3CC(N5CCCCC5)C3)C(=O)C43CCN(C(=O)[C@]45C[C@H]4CN(C(=O)C4CCN(C6=CC=C(C7CCC(=O)NC7=O)CC6C)CC4)C5)CC3)nc(NC3CC3)c21. The van der Waals surface area contributed by atoms with Crippen molar-refractivity contribution in [3.8, 4) is 11.3 Å². The molecule has 378 valence electrons. The molecule has 5 amide bonds. The largest absolute Gasteiger partial charge is 0.375 e. The van der Waals surface area contributed by atoms with Gasteiger partial charge in [-0.1, -0.05) is 43.7 Å². The number of imide groups is 1. The number of allylic oxidation sites excluding steroid dienone is 4. The second-order valence-corrected chi connectivity index (χ2v) is 23.6. The summed E-state index contributed by atoms with van der Waals surface area (Å²) in [5, 5.41) is 6.17. The highest BCUT2D eigenvalue weighted by Gasteiger charge is 2.67. The smallest absolute Gasteiger partial charge is 0.238 e. The van der Waals surface area contributed by atoms with Crippen molar-refractivity contribution in [2.45, 2.75) is 134 Å². The van der Waals surface area contributed by atoms with Crippen LogP contribution in [0.15, 0.2) is 60.6 Å². The molecule has 5 saturated heterocycles. The monoisotopic (exact) mass is 975 g/mol. The van der Waals surface area contributed by atoms with Crippen LogP contribution in [0, 0.1) is 29.1 Å². The van der Waals surface area contributed by atoms with Crippen LogP contribution >= 0.6 is 0 Å². The Morgan fingerprint density at radius 2 is 1.67 bits per heavy atom. The fourth-order valence-electron chi connectivity index (χ4n) is 14.6. The summed E-state index contributed by atoms with van der Waals surface area (Å²) < 4.78 is 2.01. The van der Waals surface area contributed by atoms with Gasteiger partial charge in [0.1, 0.15) is 11.8 Å². The Balaban J connectivity index is 0.689. The minimum atomic E-state index is -0.693. The third-order valence-electron chi connectivity index (χ3n) is 19.1. The van der Waals surface area contributed by atoms with Gasteiger partial charge in [0, 0.05) is 92.4 Å². The molecule has 10 aliphatic rings. The van der Waals surface area contributed by atoms with Gasteiger partial charge in [-0.2, -0.15) is 0 Å². The highest BCUT2D eigenvalue weighted by atomic mass is 16.2. The normalized spacial score (nSPS) is 30.5. The van der Waals surface area contributed by atoms with Gasteiger partial charge >= 0.3 is 0 Å². The molecule has 1 aromatic carbocycles. The second-order valence-electron chi connectivity index (χ2n) is 23.6. The molecule has 3 aromatic rings. The Kier molecular flexibility index (Phi) is 11.1. The summed E-state index contributed by atoms with van der Waals surface area (Å²) in [7, 11) is 0. The lowest BCUT2D eigenvalue weighted by atomic mass is 9.73. The van der Waals surface area contributed by atoms with Gasteiger partial charge in [0.05, 0.1) is 28.0 Å². The molecular weight excluding hydrogens is 905 g/mol. The molecule has 8 heterocycles. The number of hydrogen-bond donors (Lipinski definition) is 2. The first-order valence-corrected chi connectivity index (χ1v) is 27.5. The van der Waals surface area contributed by atoms with E-state index in [0.717, 1.165) is 128 Å². The summed E-state index contributed by atoms with van der Waals surface area (Å²) in [5.74, 6) is 1.15. The molecule has 2 N–H and O–H groups in total. The fourth-order valence-corrected chi connectivity index (χ4v) is 14.6. The number of nitrogens with one attached hydrogen (secondary N) is 2. The highest BCUT2D eigenvalue weighted by molar-refractivity contribution is 6.10. The molecule has 0 radical (unpaired) electrons. The lowest BCUT2D eigenvalue weighted by Gasteiger charge is -2.48. The molecule has 2 aromatic heterocycles. The summed E-state index contributed by atoms with van der Waals surface area (Å²) in [6.07, 6.45) is 19.4. The van der Waals surface area contributed by atoms with Crippen LogP contribution in [0.3, 0.4) is 0 Å². The van der Waals surface area contributed by atoms with Crippen LogP contribution in [0.2, 0.25) is 0 Å². The number of anilines is 2. The topological polar surface area (TPSA) is 156 Å². The zero-order valence-electron chi connectivity index (χ0n) is 42.2. The van der Waals surface area contributed by atoms with Gasteiger partial charge < -0.3 is 34.4 Å². The van der Waals surface area contributed by atoms with E-state index in [1.807, 2.05) is 27.6 Å². The first-order chi connectivity index (χ1) is 34.9. The lowest BCUT2D eigenvalue weighted by Crippen LogP contribution is -2.58. The van der Waals surface area contributed by atoms with Crippen LogP contribution in [0.25, 0.3) is 28.0 Å². The number of nitrogens with zero attached hydrogens (tertiary/aromatic N) is 8. The summed E-state index contributed by atoms with van der Waals surface area (Å²) in [5.41, 5.74) is 7.71. The zero-order valence-corrected chi connectivity index (χ0v) is 42.2. The molecule has 0 bridgehead atoms. The van der Waals surface area contributed by atoms with Crippen molar-refractivity contribution in [1.82, 2.24) is 39.5 Å². The van der Waals surface area contributed by atoms with Crippen LogP contribution in [0.4, 0.5) is 11.5 Å². The van der Waals surface area contributed by atoms with E-state index in [1.54, 1.807) is 0 Å². The van der Waals surface area contributed by atoms with Gasteiger partial charge in [-0.15, -0.1) is 0 Å². The van der Waals surface area contributed by atoms with Crippen molar-refractivity contribution in [1.29, 1.82) is 0 Å². The number of likely N-dealkylation sites (tertiary alicyclic amines) is 4. The molecule has 2 unspecified atom stereocenters. The molecular formula is C57H70N10O5. The fraction of sp³-hybridized carbons (Fsp3) is 0.596. The molecule has 8 fully saturated rings. The van der Waals surface area contributed by atoms with Gasteiger partial charge in [0.25, 0.3) is 0 Å². The van der Waals surface area contributed by atoms with Gasteiger partial charge in [-0.25, -0.2) is 9.97 Å². The number of benzene rings is 1. The third-order valence-corrected chi connectivity index (χ3v) is 19.1. The third kappa shape index (κ3) is 7.63. The predicted molar refractivity (Wildman–Crippen MR) is 275 cm³/mol. The van der Waals surface area contributed by atoms with Crippen LogP contribution < -0.4 is 15.5 Å². The molecule has 4 aliphatic carbocycles. The molecule has 15 heteroatoms.